The van der Waals surface area contributed by atoms with Gasteiger partial charge in [-0.15, -0.1) is 0 Å². The summed E-state index contributed by atoms with van der Waals surface area (Å²) in [5, 5.41) is 11.0. The van der Waals surface area contributed by atoms with Crippen LogP contribution >= 0.6 is 0 Å². The lowest BCUT2D eigenvalue weighted by Gasteiger charge is -2.34. The summed E-state index contributed by atoms with van der Waals surface area (Å²) in [5.41, 5.74) is -0.362. The third kappa shape index (κ3) is 3.29. The number of nitrogens with one attached hydrogen (secondary N) is 1. The second-order valence-electron chi connectivity index (χ2n) is 5.60. The first-order chi connectivity index (χ1) is 10.4. The Morgan fingerprint density at radius 2 is 1.91 bits per heavy atom. The van der Waals surface area contributed by atoms with E-state index >= 15 is 0 Å². The molecule has 8 heteroatoms. The Kier molecular flexibility index (Phi) is 5.15. The summed E-state index contributed by atoms with van der Waals surface area (Å²) in [6.45, 7) is 6.53. The first-order valence-corrected chi connectivity index (χ1v) is 8.90. The highest BCUT2D eigenvalue weighted by atomic mass is 32.2. The van der Waals surface area contributed by atoms with E-state index in [0.717, 1.165) is 19.5 Å². The minimum atomic E-state index is -3.82. The maximum Gasteiger partial charge on any atom is 0.289 e. The van der Waals surface area contributed by atoms with E-state index in [4.69, 9.17) is 0 Å². The van der Waals surface area contributed by atoms with Gasteiger partial charge in [-0.2, -0.15) is 4.31 Å². The van der Waals surface area contributed by atoms with Gasteiger partial charge < -0.3 is 4.90 Å². The number of piperazine rings is 1. The molecule has 1 aromatic rings. The lowest BCUT2D eigenvalue weighted by Crippen LogP contribution is -3.17. The van der Waals surface area contributed by atoms with E-state index in [1.54, 1.807) is 0 Å². The summed E-state index contributed by atoms with van der Waals surface area (Å²) in [7, 11) is -3.82. The molecule has 0 saturated carbocycles. The molecule has 1 fully saturated rings. The number of benzene rings is 1. The molecule has 0 radical (unpaired) electrons. The molecule has 1 atom stereocenters. The summed E-state index contributed by atoms with van der Waals surface area (Å²) < 4.78 is 26.7. The van der Waals surface area contributed by atoms with E-state index in [1.165, 1.54) is 33.5 Å². The number of nitro groups is 1. The molecule has 0 spiro atoms. The minimum Gasteiger partial charge on any atom is -0.331 e. The van der Waals surface area contributed by atoms with Crippen molar-refractivity contribution in [3.05, 3.63) is 34.4 Å². The topological polar surface area (TPSA) is 85.0 Å². The zero-order valence-electron chi connectivity index (χ0n) is 12.9. The van der Waals surface area contributed by atoms with E-state index in [1.807, 2.05) is 0 Å². The number of rotatable bonds is 5. The quantitative estimate of drug-likeness (QED) is 0.621. The van der Waals surface area contributed by atoms with Crippen LogP contribution in [0.15, 0.2) is 29.2 Å². The molecule has 122 valence electrons. The fourth-order valence-electron chi connectivity index (χ4n) is 2.76. The van der Waals surface area contributed by atoms with E-state index in [0.29, 0.717) is 19.1 Å². The Hall–Kier alpha value is -1.51. The van der Waals surface area contributed by atoms with E-state index < -0.39 is 14.9 Å². The van der Waals surface area contributed by atoms with Gasteiger partial charge in [0, 0.05) is 6.07 Å². The molecule has 1 N–H and O–H groups in total. The monoisotopic (exact) mass is 328 g/mol. The molecule has 1 aliphatic rings. The van der Waals surface area contributed by atoms with Crippen molar-refractivity contribution in [3.63, 3.8) is 0 Å². The van der Waals surface area contributed by atoms with Crippen LogP contribution in [0.1, 0.15) is 20.3 Å². The van der Waals surface area contributed by atoms with Gasteiger partial charge in [-0.05, 0) is 19.4 Å². The van der Waals surface area contributed by atoms with Crippen LogP contribution in [-0.2, 0) is 10.0 Å². The summed E-state index contributed by atoms with van der Waals surface area (Å²) in [5.74, 6) is 0. The second kappa shape index (κ2) is 6.72. The van der Waals surface area contributed by atoms with Crippen LogP contribution in [0.4, 0.5) is 5.69 Å². The van der Waals surface area contributed by atoms with Crippen LogP contribution in [-0.4, -0.2) is 49.9 Å². The normalized spacial score (nSPS) is 19.0. The number of sulfonamides is 1. The number of para-hydroxylation sites is 1. The predicted molar refractivity (Wildman–Crippen MR) is 82.3 cm³/mol. The molecule has 2 rings (SSSR count). The van der Waals surface area contributed by atoms with Crippen molar-refractivity contribution in [2.24, 2.45) is 0 Å². The number of nitrogens with zero attached hydrogens (tertiary/aromatic N) is 2. The molecule has 1 heterocycles. The first kappa shape index (κ1) is 16.9. The minimum absolute atomic E-state index is 0.216. The van der Waals surface area contributed by atoms with Crippen LogP contribution in [0.3, 0.4) is 0 Å². The van der Waals surface area contributed by atoms with Gasteiger partial charge in [-0.3, -0.25) is 10.1 Å². The van der Waals surface area contributed by atoms with E-state index in [9.17, 15) is 18.5 Å². The maximum atomic E-state index is 12.7. The molecule has 22 heavy (non-hydrogen) atoms. The van der Waals surface area contributed by atoms with Crippen molar-refractivity contribution in [2.75, 3.05) is 26.2 Å². The lowest BCUT2D eigenvalue weighted by molar-refractivity contribution is -0.927. The van der Waals surface area contributed by atoms with Gasteiger partial charge in [0.2, 0.25) is 10.0 Å². The first-order valence-electron chi connectivity index (χ1n) is 7.46. The van der Waals surface area contributed by atoms with Crippen LogP contribution in [0, 0.1) is 10.1 Å². The highest BCUT2D eigenvalue weighted by Gasteiger charge is 2.35. The smallest absolute Gasteiger partial charge is 0.289 e. The molecule has 0 unspecified atom stereocenters. The fourth-order valence-corrected chi connectivity index (χ4v) is 4.36. The Bertz CT molecular complexity index is 639. The summed E-state index contributed by atoms with van der Waals surface area (Å²) in [4.78, 5) is 11.6. The number of quaternary nitrogens is 1. The molecule has 1 aromatic carbocycles. The molecule has 0 amide bonds. The Morgan fingerprint density at radius 3 is 2.45 bits per heavy atom. The lowest BCUT2D eigenvalue weighted by atomic mass is 10.2. The third-order valence-corrected chi connectivity index (χ3v) is 6.30. The largest absolute Gasteiger partial charge is 0.331 e. The summed E-state index contributed by atoms with van der Waals surface area (Å²) in [6.07, 6.45) is 1.05. The summed E-state index contributed by atoms with van der Waals surface area (Å²) in [6, 6.07) is 6.02. The van der Waals surface area contributed by atoms with Crippen LogP contribution < -0.4 is 4.90 Å². The van der Waals surface area contributed by atoms with Gasteiger partial charge in [-0.25, -0.2) is 8.42 Å². The third-order valence-electron chi connectivity index (χ3n) is 4.35. The Morgan fingerprint density at radius 1 is 1.32 bits per heavy atom. The zero-order valence-corrected chi connectivity index (χ0v) is 13.7. The maximum absolute atomic E-state index is 12.7. The van der Waals surface area contributed by atoms with Crippen molar-refractivity contribution >= 4 is 15.7 Å². The van der Waals surface area contributed by atoms with Crippen molar-refractivity contribution in [1.29, 1.82) is 0 Å². The van der Waals surface area contributed by atoms with Crippen LogP contribution in [0.25, 0.3) is 0 Å². The molecule has 0 aliphatic carbocycles. The molecule has 1 saturated heterocycles. The van der Waals surface area contributed by atoms with Gasteiger partial charge in [0.05, 0.1) is 37.1 Å². The second-order valence-corrected chi connectivity index (χ2v) is 7.50. The van der Waals surface area contributed by atoms with Gasteiger partial charge in [-0.1, -0.05) is 19.1 Å². The van der Waals surface area contributed by atoms with Gasteiger partial charge in [0.1, 0.15) is 0 Å². The Balaban J connectivity index is 2.21. The van der Waals surface area contributed by atoms with E-state index in [-0.39, 0.29) is 10.6 Å². The standard InChI is InChI=1S/C14H21N3O4S/c1-3-12(2)15-8-10-16(11-9-15)22(20,21)14-7-5-4-6-13(14)17(18)19/h4-7,12H,3,8-11H2,1-2H3/p+1/t12-/m1/s1. The molecule has 0 bridgehead atoms. The summed E-state index contributed by atoms with van der Waals surface area (Å²) >= 11 is 0. The average Bonchev–Trinajstić information content (AvgIpc) is 2.54. The number of hydrogen-bond donors (Lipinski definition) is 1. The highest BCUT2D eigenvalue weighted by Crippen LogP contribution is 2.26. The van der Waals surface area contributed by atoms with Crippen molar-refractivity contribution in [2.45, 2.75) is 31.2 Å². The molecule has 1 aliphatic heterocycles. The van der Waals surface area contributed by atoms with E-state index in [2.05, 4.69) is 13.8 Å². The molecular formula is C14H22N3O4S+. The van der Waals surface area contributed by atoms with Crippen LogP contribution in [0.5, 0.6) is 0 Å². The van der Waals surface area contributed by atoms with Crippen LogP contribution in [0.2, 0.25) is 0 Å². The highest BCUT2D eigenvalue weighted by molar-refractivity contribution is 7.89. The van der Waals surface area contributed by atoms with Crippen molar-refractivity contribution in [3.8, 4) is 0 Å². The van der Waals surface area contributed by atoms with Gasteiger partial charge in [0.15, 0.2) is 4.90 Å². The molecule has 0 aromatic heterocycles. The van der Waals surface area contributed by atoms with Crippen molar-refractivity contribution in [1.82, 2.24) is 4.31 Å². The molecule has 7 nitrogen and oxygen atoms in total. The molecular weight excluding hydrogens is 306 g/mol. The zero-order chi connectivity index (χ0) is 16.3. The van der Waals surface area contributed by atoms with Gasteiger partial charge >= 0.3 is 0 Å². The predicted octanol–water partition coefficient (Wildman–Crippen LogP) is 0.283. The SMILES string of the molecule is CC[C@@H](C)[NH+]1CCN(S(=O)(=O)c2ccccc2[N+](=O)[O-])CC1. The number of nitro benzene ring substituents is 1. The van der Waals surface area contributed by atoms with Gasteiger partial charge in [0.25, 0.3) is 5.69 Å². The fraction of sp³-hybridized carbons (Fsp3) is 0.571. The van der Waals surface area contributed by atoms with Crippen molar-refractivity contribution < 1.29 is 18.2 Å². The number of hydrogen-bond acceptors (Lipinski definition) is 4. The Labute approximate surface area is 130 Å². The average molecular weight is 328 g/mol.